The van der Waals surface area contributed by atoms with E-state index in [9.17, 15) is 8.42 Å². The first-order valence-corrected chi connectivity index (χ1v) is 10.6. The molecule has 1 unspecified atom stereocenters. The number of guanidine groups is 1. The monoisotopic (exact) mass is 515 g/mol. The van der Waals surface area contributed by atoms with Gasteiger partial charge in [-0.25, -0.2) is 13.1 Å². The lowest BCUT2D eigenvalue weighted by Gasteiger charge is -2.35. The summed E-state index contributed by atoms with van der Waals surface area (Å²) < 4.78 is 24.6. The topological polar surface area (TPSA) is 85.8 Å². The number of hydrogen-bond donors (Lipinski definition) is 3. The van der Waals surface area contributed by atoms with Crippen LogP contribution in [0.2, 0.25) is 5.02 Å². The number of rotatable bonds is 6. The largest absolute Gasteiger partial charge is 0.368 e. The van der Waals surface area contributed by atoms with Gasteiger partial charge < -0.3 is 15.5 Å². The Balaban J connectivity index is 0.00000338. The van der Waals surface area contributed by atoms with Crippen LogP contribution in [0.5, 0.6) is 0 Å². The summed E-state index contributed by atoms with van der Waals surface area (Å²) in [5.41, 5.74) is 1.05. The summed E-state index contributed by atoms with van der Waals surface area (Å²) in [4.78, 5) is 6.48. The Labute approximate surface area is 178 Å². The quantitative estimate of drug-likeness (QED) is 0.232. The van der Waals surface area contributed by atoms with Crippen molar-refractivity contribution in [3.05, 3.63) is 29.3 Å². The van der Waals surface area contributed by atoms with Crippen LogP contribution in [-0.4, -0.2) is 59.9 Å². The molecule has 0 bridgehead atoms. The molecule has 2 rings (SSSR count). The second-order valence-corrected chi connectivity index (χ2v) is 8.29. The third-order valence-corrected chi connectivity index (χ3v) is 5.01. The maximum absolute atomic E-state index is 11.1. The lowest BCUT2D eigenvalue weighted by molar-refractivity contribution is 0.468. The SMILES string of the molecule is CN=C(NCCNS(C)(=O)=O)NC1CCCN(c2ccccc2Cl)C1.I. The molecule has 0 saturated carbocycles. The van der Waals surface area contributed by atoms with Crippen LogP contribution < -0.4 is 20.3 Å². The van der Waals surface area contributed by atoms with Crippen molar-refractivity contribution in [3.8, 4) is 0 Å². The maximum atomic E-state index is 11.1. The van der Waals surface area contributed by atoms with E-state index >= 15 is 0 Å². The first kappa shape index (κ1) is 23.3. The van der Waals surface area contributed by atoms with Crippen LogP contribution in [0.3, 0.4) is 0 Å². The molecular formula is C16H27ClIN5O2S. The molecule has 1 aromatic carbocycles. The number of halogens is 2. The molecule has 1 atom stereocenters. The van der Waals surface area contributed by atoms with Crippen LogP contribution in [0.25, 0.3) is 0 Å². The van der Waals surface area contributed by atoms with E-state index in [1.165, 1.54) is 0 Å². The minimum atomic E-state index is -3.17. The zero-order valence-corrected chi connectivity index (χ0v) is 18.9. The summed E-state index contributed by atoms with van der Waals surface area (Å²) in [6, 6.07) is 8.12. The minimum absolute atomic E-state index is 0. The molecule has 7 nitrogen and oxygen atoms in total. The molecule has 26 heavy (non-hydrogen) atoms. The van der Waals surface area contributed by atoms with Crippen molar-refractivity contribution < 1.29 is 8.42 Å². The fraction of sp³-hybridized carbons (Fsp3) is 0.562. The zero-order valence-electron chi connectivity index (χ0n) is 15.0. The van der Waals surface area contributed by atoms with Crippen molar-refractivity contribution in [3.63, 3.8) is 0 Å². The number of nitrogens with zero attached hydrogens (tertiary/aromatic N) is 2. The number of piperidine rings is 1. The fourth-order valence-corrected chi connectivity index (χ4v) is 3.56. The van der Waals surface area contributed by atoms with Gasteiger partial charge in [0.05, 0.1) is 17.0 Å². The lowest BCUT2D eigenvalue weighted by atomic mass is 10.0. The molecule has 148 valence electrons. The van der Waals surface area contributed by atoms with E-state index in [1.54, 1.807) is 7.05 Å². The number of aliphatic imine (C=N–C) groups is 1. The average molecular weight is 516 g/mol. The molecular weight excluding hydrogens is 489 g/mol. The van der Waals surface area contributed by atoms with Crippen molar-refractivity contribution in [2.24, 2.45) is 4.99 Å². The van der Waals surface area contributed by atoms with Gasteiger partial charge in [0.2, 0.25) is 10.0 Å². The van der Waals surface area contributed by atoms with E-state index in [0.717, 1.165) is 42.9 Å². The molecule has 10 heteroatoms. The van der Waals surface area contributed by atoms with E-state index in [2.05, 4.69) is 25.2 Å². The summed E-state index contributed by atoms with van der Waals surface area (Å²) in [6.45, 7) is 2.60. The average Bonchev–Trinajstić information content (AvgIpc) is 2.57. The highest BCUT2D eigenvalue weighted by atomic mass is 127. The van der Waals surface area contributed by atoms with Gasteiger partial charge in [-0.15, -0.1) is 24.0 Å². The third-order valence-electron chi connectivity index (χ3n) is 3.96. The van der Waals surface area contributed by atoms with Crippen molar-refractivity contribution in [2.75, 3.05) is 44.4 Å². The lowest BCUT2D eigenvalue weighted by Crippen LogP contribution is -2.52. The summed E-state index contributed by atoms with van der Waals surface area (Å²) >= 11 is 6.31. The van der Waals surface area contributed by atoms with E-state index in [0.29, 0.717) is 19.0 Å². The number of nitrogens with one attached hydrogen (secondary N) is 3. The Morgan fingerprint density at radius 3 is 2.73 bits per heavy atom. The van der Waals surface area contributed by atoms with E-state index in [4.69, 9.17) is 11.6 Å². The molecule has 1 heterocycles. The molecule has 1 aromatic rings. The molecule has 3 N–H and O–H groups in total. The standard InChI is InChI=1S/C16H26ClN5O2S.HI/c1-18-16(19-9-10-20-25(2,23)24)21-13-6-5-11-22(12-13)15-8-4-3-7-14(15)17;/h3-4,7-8,13,20H,5-6,9-12H2,1-2H3,(H2,18,19,21);1H. The number of sulfonamides is 1. The molecule has 0 radical (unpaired) electrons. The van der Waals surface area contributed by atoms with Crippen LogP contribution in [0.4, 0.5) is 5.69 Å². The van der Waals surface area contributed by atoms with Gasteiger partial charge in [0, 0.05) is 39.3 Å². The predicted molar refractivity (Wildman–Crippen MR) is 119 cm³/mol. The second-order valence-electron chi connectivity index (χ2n) is 6.05. The van der Waals surface area contributed by atoms with Gasteiger partial charge in [-0.1, -0.05) is 23.7 Å². The van der Waals surface area contributed by atoms with Gasteiger partial charge in [-0.3, -0.25) is 4.99 Å². The number of para-hydroxylation sites is 1. The molecule has 1 saturated heterocycles. The first-order valence-electron chi connectivity index (χ1n) is 8.30. The molecule has 1 aliphatic heterocycles. The summed E-state index contributed by atoms with van der Waals surface area (Å²) in [7, 11) is -1.47. The smallest absolute Gasteiger partial charge is 0.208 e. The molecule has 0 aromatic heterocycles. The van der Waals surface area contributed by atoms with Crippen LogP contribution in [0, 0.1) is 0 Å². The van der Waals surface area contributed by atoms with Gasteiger partial charge in [-0.2, -0.15) is 0 Å². The number of anilines is 1. The van der Waals surface area contributed by atoms with Crippen molar-refractivity contribution in [1.82, 2.24) is 15.4 Å². The van der Waals surface area contributed by atoms with E-state index in [1.807, 2.05) is 24.3 Å². The third kappa shape index (κ3) is 7.85. The molecule has 1 fully saturated rings. The molecule has 0 aliphatic carbocycles. The second kappa shape index (κ2) is 11.2. The summed E-state index contributed by atoms with van der Waals surface area (Å²) in [6.07, 6.45) is 3.25. The van der Waals surface area contributed by atoms with Crippen molar-refractivity contribution in [2.45, 2.75) is 18.9 Å². The predicted octanol–water partition coefficient (Wildman–Crippen LogP) is 1.64. The number of benzene rings is 1. The number of hydrogen-bond acceptors (Lipinski definition) is 4. The minimum Gasteiger partial charge on any atom is -0.368 e. The summed E-state index contributed by atoms with van der Waals surface area (Å²) in [5.74, 6) is 0.668. The van der Waals surface area contributed by atoms with Gasteiger partial charge >= 0.3 is 0 Å². The van der Waals surface area contributed by atoms with E-state index in [-0.39, 0.29) is 30.0 Å². The highest BCUT2D eigenvalue weighted by molar-refractivity contribution is 14.0. The van der Waals surface area contributed by atoms with Gasteiger partial charge in [0.15, 0.2) is 5.96 Å². The van der Waals surface area contributed by atoms with Crippen molar-refractivity contribution >= 4 is 57.2 Å². The Morgan fingerprint density at radius 1 is 1.35 bits per heavy atom. The Kier molecular flexibility index (Phi) is 9.98. The van der Waals surface area contributed by atoms with Crippen molar-refractivity contribution in [1.29, 1.82) is 0 Å². The van der Waals surface area contributed by atoms with Gasteiger partial charge in [-0.05, 0) is 25.0 Å². The highest BCUT2D eigenvalue weighted by Gasteiger charge is 2.22. The molecule has 0 spiro atoms. The Bertz CT molecular complexity index is 702. The fourth-order valence-electron chi connectivity index (χ4n) is 2.83. The first-order chi connectivity index (χ1) is 11.9. The van der Waals surface area contributed by atoms with Crippen LogP contribution >= 0.6 is 35.6 Å². The normalized spacial score (nSPS) is 18.2. The van der Waals surface area contributed by atoms with Crippen LogP contribution in [-0.2, 0) is 10.0 Å². The summed E-state index contributed by atoms with van der Waals surface area (Å²) in [5, 5.41) is 7.28. The Hall–Kier alpha value is -0.780. The van der Waals surface area contributed by atoms with Crippen LogP contribution in [0.1, 0.15) is 12.8 Å². The van der Waals surface area contributed by atoms with E-state index < -0.39 is 10.0 Å². The zero-order chi connectivity index (χ0) is 18.3. The van der Waals surface area contributed by atoms with Gasteiger partial charge in [0.1, 0.15) is 0 Å². The Morgan fingerprint density at radius 2 is 2.08 bits per heavy atom. The highest BCUT2D eigenvalue weighted by Crippen LogP contribution is 2.27. The molecule has 1 aliphatic rings. The van der Waals surface area contributed by atoms with Crippen LogP contribution in [0.15, 0.2) is 29.3 Å². The van der Waals surface area contributed by atoms with Gasteiger partial charge in [0.25, 0.3) is 0 Å². The molecule has 0 amide bonds. The maximum Gasteiger partial charge on any atom is 0.208 e.